The fourth-order valence-electron chi connectivity index (χ4n) is 1.67. The third kappa shape index (κ3) is 5.40. The summed E-state index contributed by atoms with van der Waals surface area (Å²) in [5.41, 5.74) is 0. The molecule has 0 unspecified atom stereocenters. The Morgan fingerprint density at radius 2 is 1.82 bits per heavy atom. The summed E-state index contributed by atoms with van der Waals surface area (Å²) in [6.45, 7) is 2.05. The highest BCUT2D eigenvalue weighted by atomic mass is 32.2. The zero-order valence-electron chi connectivity index (χ0n) is 11.8. The molecular weight excluding hydrogens is 338 g/mol. The highest BCUT2D eigenvalue weighted by molar-refractivity contribution is 7.86. The van der Waals surface area contributed by atoms with Crippen molar-refractivity contribution in [2.75, 3.05) is 6.54 Å². The zero-order valence-corrected chi connectivity index (χ0v) is 13.4. The van der Waals surface area contributed by atoms with E-state index in [1.807, 2.05) is 6.92 Å². The van der Waals surface area contributed by atoms with Gasteiger partial charge in [0.15, 0.2) is 6.54 Å². The van der Waals surface area contributed by atoms with Crippen LogP contribution in [0.2, 0.25) is 0 Å². The average Bonchev–Trinajstić information content (AvgIpc) is 2.78. The maximum absolute atomic E-state index is 11.6. The van der Waals surface area contributed by atoms with Crippen LogP contribution < -0.4 is 0 Å². The van der Waals surface area contributed by atoms with Gasteiger partial charge in [-0.3, -0.25) is 9.11 Å². The van der Waals surface area contributed by atoms with Crippen molar-refractivity contribution in [3.63, 3.8) is 0 Å². The molecule has 0 saturated heterocycles. The van der Waals surface area contributed by atoms with Gasteiger partial charge in [0, 0.05) is 12.5 Å². The van der Waals surface area contributed by atoms with Gasteiger partial charge in [0.2, 0.25) is 17.1 Å². The van der Waals surface area contributed by atoms with Crippen LogP contribution in [-0.2, 0) is 20.2 Å². The van der Waals surface area contributed by atoms with Gasteiger partial charge in [-0.2, -0.15) is 16.8 Å². The normalized spacial score (nSPS) is 13.5. The maximum atomic E-state index is 11.6. The monoisotopic (exact) mass is 355 g/mol. The molecule has 1 heterocycles. The van der Waals surface area contributed by atoms with Crippen LogP contribution in [-0.4, -0.2) is 43.4 Å². The van der Waals surface area contributed by atoms with Gasteiger partial charge in [-0.1, -0.05) is 19.8 Å². The van der Waals surface area contributed by atoms with E-state index in [0.717, 1.165) is 19.3 Å². The second-order valence-corrected chi connectivity index (χ2v) is 7.32. The first-order chi connectivity index (χ1) is 10.1. The van der Waals surface area contributed by atoms with Gasteiger partial charge in [0.05, 0.1) is 0 Å². The summed E-state index contributed by atoms with van der Waals surface area (Å²) in [5, 5.41) is 10.5. The summed E-state index contributed by atoms with van der Waals surface area (Å²) in [6.07, 6.45) is 4.00. The van der Waals surface area contributed by atoms with E-state index in [1.165, 1.54) is 0 Å². The number of furan rings is 1. The van der Waals surface area contributed by atoms with Crippen LogP contribution in [0.1, 0.15) is 38.4 Å². The number of hydrogen-bond acceptors (Lipinski definition) is 6. The highest BCUT2D eigenvalue weighted by Crippen LogP contribution is 2.22. The molecule has 126 valence electrons. The predicted molar refractivity (Wildman–Crippen MR) is 76.1 cm³/mol. The number of nitrogens with zero attached hydrogens (tertiary/aromatic N) is 1. The van der Waals surface area contributed by atoms with Crippen LogP contribution in [0.4, 0.5) is 0 Å². The first-order valence-electron chi connectivity index (χ1n) is 6.43. The Balaban J connectivity index is 3.10. The van der Waals surface area contributed by atoms with Crippen molar-refractivity contribution >= 4 is 26.5 Å². The molecule has 0 fully saturated rings. The Bertz CT molecular complexity index is 745. The molecule has 2 N–H and O–H groups in total. The minimum atomic E-state index is -4.81. The number of hydroxylamine groups is 1. The van der Waals surface area contributed by atoms with Crippen molar-refractivity contribution in [3.05, 3.63) is 17.0 Å². The molecular formula is C11H17NO8S2. The summed E-state index contributed by atoms with van der Waals surface area (Å²) < 4.78 is 67.0. The maximum Gasteiger partial charge on any atom is 0.328 e. The molecule has 0 amide bonds. The highest BCUT2D eigenvalue weighted by Gasteiger charge is 2.27. The quantitative estimate of drug-likeness (QED) is 0.177. The van der Waals surface area contributed by atoms with E-state index in [4.69, 9.17) is 9.11 Å². The van der Waals surface area contributed by atoms with Crippen LogP contribution in [0.5, 0.6) is 0 Å². The van der Waals surface area contributed by atoms with Crippen LogP contribution in [0.25, 0.3) is 0 Å². The van der Waals surface area contributed by atoms with E-state index >= 15 is 0 Å². The minimum absolute atomic E-state index is 0.0484. The molecule has 0 bridgehead atoms. The Labute approximate surface area is 128 Å². The first kappa shape index (κ1) is 18.6. The number of rotatable bonds is 8. The molecule has 0 radical (unpaired) electrons. The lowest BCUT2D eigenvalue weighted by molar-refractivity contribution is -0.453. The Morgan fingerprint density at radius 1 is 1.18 bits per heavy atom. The smallest absolute Gasteiger partial charge is 0.328 e. The van der Waals surface area contributed by atoms with E-state index in [-0.39, 0.29) is 6.54 Å². The molecule has 11 heteroatoms. The van der Waals surface area contributed by atoms with Crippen LogP contribution >= 0.6 is 0 Å². The lowest BCUT2D eigenvalue weighted by atomic mass is 10.2. The largest absolute Gasteiger partial charge is 0.624 e. The van der Waals surface area contributed by atoms with Crippen LogP contribution in [0, 0.1) is 5.21 Å². The molecule has 1 rings (SSSR count). The first-order valence-corrected chi connectivity index (χ1v) is 9.31. The van der Waals surface area contributed by atoms with Gasteiger partial charge in [0.25, 0.3) is 10.1 Å². The number of unbranched alkanes of at least 4 members (excludes halogenated alkanes) is 3. The Kier molecular flexibility index (Phi) is 6.11. The van der Waals surface area contributed by atoms with Crippen molar-refractivity contribution in [2.45, 2.75) is 42.6 Å². The second kappa shape index (κ2) is 7.22. The molecule has 1 aromatic heterocycles. The lowest BCUT2D eigenvalue weighted by Crippen LogP contribution is -2.09. The molecule has 0 saturated carbocycles. The third-order valence-electron chi connectivity index (χ3n) is 2.73. The molecule has 0 atom stereocenters. The minimum Gasteiger partial charge on any atom is -0.624 e. The standard InChI is InChI=1S/C11H17NO8S2/c1-2-3-4-5-6-12(13)8-9-10(21(14,15)16)7-11(20-9)22(17,18)19/h7-8H,2-6H2,1H3,(H,14,15,16)(H,17,18,19). The van der Waals surface area contributed by atoms with E-state index in [1.54, 1.807) is 0 Å². The van der Waals surface area contributed by atoms with Crippen molar-refractivity contribution in [1.82, 2.24) is 0 Å². The topological polar surface area (TPSA) is 148 Å². The van der Waals surface area contributed by atoms with E-state index < -0.39 is 36.0 Å². The molecule has 0 spiro atoms. The fourth-order valence-corrected chi connectivity index (χ4v) is 2.82. The predicted octanol–water partition coefficient (Wildman–Crippen LogP) is 1.28. The average molecular weight is 355 g/mol. The lowest BCUT2D eigenvalue weighted by Gasteiger charge is -2.03. The van der Waals surface area contributed by atoms with Crippen molar-refractivity contribution in [2.24, 2.45) is 0 Å². The Hall–Kier alpha value is -1.43. The third-order valence-corrected chi connectivity index (χ3v) is 4.31. The molecule has 1 aromatic rings. The van der Waals surface area contributed by atoms with Gasteiger partial charge in [0.1, 0.15) is 4.90 Å². The van der Waals surface area contributed by atoms with Crippen molar-refractivity contribution in [1.29, 1.82) is 0 Å². The van der Waals surface area contributed by atoms with E-state index in [2.05, 4.69) is 4.42 Å². The zero-order chi connectivity index (χ0) is 17.0. The summed E-state index contributed by atoms with van der Waals surface area (Å²) in [5.74, 6) is -0.666. The van der Waals surface area contributed by atoms with Crippen LogP contribution in [0.15, 0.2) is 20.5 Å². The molecule has 22 heavy (non-hydrogen) atoms. The SMILES string of the molecule is CCCCCC[N+]([O-])=Cc1oc(S(=O)(=O)O)cc1S(=O)(=O)O. The van der Waals surface area contributed by atoms with Gasteiger partial charge >= 0.3 is 10.1 Å². The van der Waals surface area contributed by atoms with Crippen molar-refractivity contribution < 1.29 is 35.1 Å². The summed E-state index contributed by atoms with van der Waals surface area (Å²) >= 11 is 0. The molecule has 0 aromatic carbocycles. The van der Waals surface area contributed by atoms with E-state index in [9.17, 15) is 22.0 Å². The van der Waals surface area contributed by atoms with Crippen LogP contribution in [0.3, 0.4) is 0 Å². The summed E-state index contributed by atoms with van der Waals surface area (Å²) in [4.78, 5) is -0.908. The fraction of sp³-hybridized carbons (Fsp3) is 0.545. The van der Waals surface area contributed by atoms with E-state index in [0.29, 0.717) is 23.4 Å². The summed E-state index contributed by atoms with van der Waals surface area (Å²) in [7, 11) is -9.62. The molecule has 0 aliphatic heterocycles. The number of hydrogen-bond donors (Lipinski definition) is 2. The van der Waals surface area contributed by atoms with Gasteiger partial charge in [-0.25, -0.2) is 4.74 Å². The molecule has 0 aliphatic carbocycles. The molecule has 0 aliphatic rings. The van der Waals surface area contributed by atoms with Crippen molar-refractivity contribution in [3.8, 4) is 0 Å². The van der Waals surface area contributed by atoms with Gasteiger partial charge < -0.3 is 9.62 Å². The Morgan fingerprint density at radius 3 is 2.32 bits per heavy atom. The second-order valence-electron chi connectivity index (χ2n) is 4.57. The summed E-state index contributed by atoms with van der Waals surface area (Å²) in [6, 6.07) is 0.432. The van der Waals surface area contributed by atoms with Gasteiger partial charge in [-0.15, -0.1) is 0 Å². The van der Waals surface area contributed by atoms with Gasteiger partial charge in [-0.05, 0) is 6.42 Å². The molecule has 9 nitrogen and oxygen atoms in total.